The number of carbonyl (C=O) groups excluding carboxylic acids is 1. The van der Waals surface area contributed by atoms with E-state index in [1.54, 1.807) is 24.3 Å². The summed E-state index contributed by atoms with van der Waals surface area (Å²) in [7, 11) is 0. The lowest BCUT2D eigenvalue weighted by molar-refractivity contribution is -0.135. The summed E-state index contributed by atoms with van der Waals surface area (Å²) in [4.78, 5) is 14.0. The van der Waals surface area contributed by atoms with Crippen molar-refractivity contribution in [3.8, 4) is 11.8 Å². The average Bonchev–Trinajstić information content (AvgIpc) is 2.48. The van der Waals surface area contributed by atoms with Gasteiger partial charge in [0.15, 0.2) is 6.61 Å². The molecule has 106 valence electrons. The van der Waals surface area contributed by atoms with E-state index in [0.29, 0.717) is 23.1 Å². The third-order valence-corrected chi connectivity index (χ3v) is 4.03. The van der Waals surface area contributed by atoms with Crippen molar-refractivity contribution in [2.75, 3.05) is 19.7 Å². The number of likely N-dealkylation sites (tertiary alicyclic amines) is 1. The molecular formula is C16H20N2O2. The Labute approximate surface area is 120 Å². The number of rotatable bonds is 3. The Morgan fingerprint density at radius 2 is 2.05 bits per heavy atom. The predicted molar refractivity (Wildman–Crippen MR) is 76.2 cm³/mol. The zero-order valence-corrected chi connectivity index (χ0v) is 12.0. The molecule has 1 fully saturated rings. The van der Waals surface area contributed by atoms with Gasteiger partial charge >= 0.3 is 0 Å². The molecule has 0 N–H and O–H groups in total. The minimum atomic E-state index is 0.0353. The maximum atomic E-state index is 12.1. The molecule has 2 rings (SSSR count). The van der Waals surface area contributed by atoms with Crippen molar-refractivity contribution >= 4 is 5.91 Å². The summed E-state index contributed by atoms with van der Waals surface area (Å²) in [6.45, 7) is 6.12. The summed E-state index contributed by atoms with van der Waals surface area (Å²) < 4.78 is 5.48. The number of benzene rings is 1. The van der Waals surface area contributed by atoms with Gasteiger partial charge in [0, 0.05) is 13.1 Å². The number of nitrogens with zero attached hydrogens (tertiary/aromatic N) is 2. The molecule has 1 heterocycles. The molecule has 2 atom stereocenters. The second-order valence-corrected chi connectivity index (χ2v) is 5.51. The van der Waals surface area contributed by atoms with Gasteiger partial charge < -0.3 is 9.64 Å². The summed E-state index contributed by atoms with van der Waals surface area (Å²) in [5.41, 5.74) is 0.586. The van der Waals surface area contributed by atoms with Crippen LogP contribution in [0.15, 0.2) is 24.3 Å². The molecule has 0 bridgehead atoms. The Bertz CT molecular complexity index is 504. The van der Waals surface area contributed by atoms with Crippen LogP contribution in [-0.2, 0) is 4.79 Å². The maximum absolute atomic E-state index is 12.1. The Morgan fingerprint density at radius 3 is 2.65 bits per heavy atom. The molecule has 1 aliphatic heterocycles. The van der Waals surface area contributed by atoms with E-state index in [1.807, 2.05) is 11.0 Å². The fourth-order valence-corrected chi connectivity index (χ4v) is 2.35. The van der Waals surface area contributed by atoms with Crippen LogP contribution in [0.25, 0.3) is 0 Å². The lowest BCUT2D eigenvalue weighted by Crippen LogP contribution is -2.44. The van der Waals surface area contributed by atoms with Gasteiger partial charge in [-0.25, -0.2) is 0 Å². The van der Waals surface area contributed by atoms with Gasteiger partial charge in [0.25, 0.3) is 5.91 Å². The van der Waals surface area contributed by atoms with Crippen LogP contribution in [-0.4, -0.2) is 30.5 Å². The molecule has 2 unspecified atom stereocenters. The Hall–Kier alpha value is -2.02. The lowest BCUT2D eigenvalue weighted by atomic mass is 9.89. The van der Waals surface area contributed by atoms with Crippen molar-refractivity contribution in [1.82, 2.24) is 4.90 Å². The highest BCUT2D eigenvalue weighted by atomic mass is 16.5. The highest BCUT2D eigenvalue weighted by Crippen LogP contribution is 2.22. The summed E-state index contributed by atoms with van der Waals surface area (Å²) in [5, 5.41) is 8.71. The summed E-state index contributed by atoms with van der Waals surface area (Å²) in [6, 6.07) is 8.85. The van der Waals surface area contributed by atoms with E-state index in [1.165, 1.54) is 0 Å². The van der Waals surface area contributed by atoms with Crippen LogP contribution in [0.4, 0.5) is 0 Å². The number of nitriles is 1. The van der Waals surface area contributed by atoms with Crippen molar-refractivity contribution in [3.63, 3.8) is 0 Å². The van der Waals surface area contributed by atoms with E-state index in [-0.39, 0.29) is 12.5 Å². The standard InChI is InChI=1S/C16H20N2O2/c1-12-7-8-18(10-13(12)2)16(19)11-20-15-5-3-14(9-17)4-6-15/h3-6,12-13H,7-8,10-11H2,1-2H3. The molecule has 4 heteroatoms. The number of hydrogen-bond donors (Lipinski definition) is 0. The fourth-order valence-electron chi connectivity index (χ4n) is 2.35. The number of ether oxygens (including phenoxy) is 1. The first-order chi connectivity index (χ1) is 9.60. The van der Waals surface area contributed by atoms with Crippen molar-refractivity contribution in [1.29, 1.82) is 5.26 Å². The van der Waals surface area contributed by atoms with Gasteiger partial charge in [0.2, 0.25) is 0 Å². The minimum Gasteiger partial charge on any atom is -0.484 e. The summed E-state index contributed by atoms with van der Waals surface area (Å²) >= 11 is 0. The van der Waals surface area contributed by atoms with Crippen molar-refractivity contribution in [2.24, 2.45) is 11.8 Å². The molecule has 0 spiro atoms. The van der Waals surface area contributed by atoms with Gasteiger partial charge in [-0.1, -0.05) is 13.8 Å². The van der Waals surface area contributed by atoms with Crippen molar-refractivity contribution < 1.29 is 9.53 Å². The Kier molecular flexibility index (Phi) is 4.62. The van der Waals surface area contributed by atoms with Gasteiger partial charge in [-0.05, 0) is 42.5 Å². The lowest BCUT2D eigenvalue weighted by Gasteiger charge is -2.35. The Morgan fingerprint density at radius 1 is 1.35 bits per heavy atom. The first-order valence-corrected chi connectivity index (χ1v) is 7.01. The van der Waals surface area contributed by atoms with Gasteiger partial charge in [0.1, 0.15) is 5.75 Å². The normalized spacial score (nSPS) is 22.1. The zero-order valence-electron chi connectivity index (χ0n) is 12.0. The largest absolute Gasteiger partial charge is 0.484 e. The highest BCUT2D eigenvalue weighted by molar-refractivity contribution is 5.77. The molecule has 1 aromatic carbocycles. The minimum absolute atomic E-state index is 0.0353. The first-order valence-electron chi connectivity index (χ1n) is 7.01. The monoisotopic (exact) mass is 272 g/mol. The molecule has 0 aliphatic carbocycles. The van der Waals surface area contributed by atoms with E-state index < -0.39 is 0 Å². The number of hydrogen-bond acceptors (Lipinski definition) is 3. The maximum Gasteiger partial charge on any atom is 0.260 e. The second kappa shape index (κ2) is 6.42. The molecule has 0 aromatic heterocycles. The average molecular weight is 272 g/mol. The van der Waals surface area contributed by atoms with Crippen molar-refractivity contribution in [2.45, 2.75) is 20.3 Å². The molecule has 0 saturated carbocycles. The van der Waals surface area contributed by atoms with Crippen LogP contribution in [0, 0.1) is 23.2 Å². The highest BCUT2D eigenvalue weighted by Gasteiger charge is 2.25. The summed E-state index contributed by atoms with van der Waals surface area (Å²) in [6.07, 6.45) is 1.06. The van der Waals surface area contributed by atoms with Crippen LogP contribution in [0.3, 0.4) is 0 Å². The topological polar surface area (TPSA) is 53.3 Å². The molecule has 1 amide bonds. The zero-order chi connectivity index (χ0) is 14.5. The smallest absolute Gasteiger partial charge is 0.260 e. The third kappa shape index (κ3) is 3.51. The summed E-state index contributed by atoms with van der Waals surface area (Å²) in [5.74, 6) is 1.88. The number of piperidine rings is 1. The van der Waals surface area contributed by atoms with Crippen LogP contribution >= 0.6 is 0 Å². The van der Waals surface area contributed by atoms with Crippen molar-refractivity contribution in [3.05, 3.63) is 29.8 Å². The quantitative estimate of drug-likeness (QED) is 0.849. The van der Waals surface area contributed by atoms with E-state index in [9.17, 15) is 4.79 Å². The van der Waals surface area contributed by atoms with Gasteiger partial charge in [-0.15, -0.1) is 0 Å². The molecule has 1 saturated heterocycles. The van der Waals surface area contributed by atoms with Crippen LogP contribution in [0.1, 0.15) is 25.8 Å². The molecule has 1 aromatic rings. The van der Waals surface area contributed by atoms with Gasteiger partial charge in [-0.3, -0.25) is 4.79 Å². The van der Waals surface area contributed by atoms with Gasteiger partial charge in [-0.2, -0.15) is 5.26 Å². The first kappa shape index (κ1) is 14.4. The molecule has 4 nitrogen and oxygen atoms in total. The van der Waals surface area contributed by atoms with E-state index >= 15 is 0 Å². The SMILES string of the molecule is CC1CCN(C(=O)COc2ccc(C#N)cc2)CC1C. The Balaban J connectivity index is 1.84. The van der Waals surface area contributed by atoms with E-state index in [2.05, 4.69) is 13.8 Å². The number of amides is 1. The number of carbonyl (C=O) groups is 1. The van der Waals surface area contributed by atoms with Crippen LogP contribution < -0.4 is 4.74 Å². The molecule has 1 aliphatic rings. The molecule has 0 radical (unpaired) electrons. The van der Waals surface area contributed by atoms with E-state index in [0.717, 1.165) is 19.5 Å². The van der Waals surface area contributed by atoms with Gasteiger partial charge in [0.05, 0.1) is 11.6 Å². The molecular weight excluding hydrogens is 252 g/mol. The predicted octanol–water partition coefficient (Wildman–Crippen LogP) is 2.44. The van der Waals surface area contributed by atoms with Crippen LogP contribution in [0.5, 0.6) is 5.75 Å². The third-order valence-electron chi connectivity index (χ3n) is 4.03. The second-order valence-electron chi connectivity index (χ2n) is 5.51. The fraction of sp³-hybridized carbons (Fsp3) is 0.500. The molecule has 20 heavy (non-hydrogen) atoms. The van der Waals surface area contributed by atoms with E-state index in [4.69, 9.17) is 10.00 Å². The van der Waals surface area contributed by atoms with Crippen LogP contribution in [0.2, 0.25) is 0 Å².